The molecule has 2 aliphatic carbocycles. The maximum Gasteiger partial charge on any atom is 0.230 e. The Bertz CT molecular complexity index is 430. The lowest BCUT2D eigenvalue weighted by Crippen LogP contribution is -2.42. The summed E-state index contributed by atoms with van der Waals surface area (Å²) in [5.41, 5.74) is 0.379. The molecule has 0 atom stereocenters. The van der Waals surface area contributed by atoms with Crippen molar-refractivity contribution in [3.63, 3.8) is 0 Å². The van der Waals surface area contributed by atoms with Gasteiger partial charge in [-0.1, -0.05) is 33.1 Å². The summed E-state index contributed by atoms with van der Waals surface area (Å²) >= 11 is 0. The van der Waals surface area contributed by atoms with E-state index in [9.17, 15) is 9.18 Å². The summed E-state index contributed by atoms with van der Waals surface area (Å²) in [6, 6.07) is 0. The highest BCUT2D eigenvalue weighted by Gasteiger charge is 2.39. The third-order valence-electron chi connectivity index (χ3n) is 4.69. The van der Waals surface area contributed by atoms with Crippen molar-refractivity contribution in [1.82, 2.24) is 5.32 Å². The minimum atomic E-state index is -0.257. The van der Waals surface area contributed by atoms with Crippen LogP contribution in [0.4, 0.5) is 4.39 Å². The second kappa shape index (κ2) is 7.24. The van der Waals surface area contributed by atoms with Crippen molar-refractivity contribution in [2.75, 3.05) is 0 Å². The average Bonchev–Trinajstić information content (AvgIpc) is 2.46. The molecule has 117 valence electrons. The average molecular weight is 292 g/mol. The lowest BCUT2D eigenvalue weighted by atomic mass is 9.69. The van der Waals surface area contributed by atoms with E-state index >= 15 is 0 Å². The minimum Gasteiger partial charge on any atom is -0.329 e. The lowest BCUT2D eigenvalue weighted by Gasteiger charge is -2.37. The van der Waals surface area contributed by atoms with Gasteiger partial charge in [-0.25, -0.2) is 4.39 Å². The van der Waals surface area contributed by atoms with Gasteiger partial charge in [-0.3, -0.25) is 4.79 Å². The molecule has 0 aromatic rings. The number of carbonyl (C=O) groups is 1. The van der Waals surface area contributed by atoms with Gasteiger partial charge < -0.3 is 5.32 Å². The van der Waals surface area contributed by atoms with E-state index in [0.717, 1.165) is 38.5 Å². The number of allylic oxidation sites excluding steroid dienone is 4. The molecule has 2 rings (SSSR count). The van der Waals surface area contributed by atoms with Gasteiger partial charge in [0.2, 0.25) is 5.91 Å². The molecule has 21 heavy (non-hydrogen) atoms. The summed E-state index contributed by atoms with van der Waals surface area (Å²) in [4.78, 5) is 12.8. The Balaban J connectivity index is 2.05. The molecule has 1 radical (unpaired) electrons. The first-order valence-corrected chi connectivity index (χ1v) is 8.24. The predicted molar refractivity (Wildman–Crippen MR) is 83.9 cm³/mol. The second-order valence-electron chi connectivity index (χ2n) is 6.86. The van der Waals surface area contributed by atoms with Gasteiger partial charge in [0.05, 0.1) is 0 Å². The van der Waals surface area contributed by atoms with Crippen LogP contribution in [-0.2, 0) is 4.79 Å². The van der Waals surface area contributed by atoms with Gasteiger partial charge in [-0.15, -0.1) is 0 Å². The summed E-state index contributed by atoms with van der Waals surface area (Å²) < 4.78 is 13.3. The normalized spacial score (nSPS) is 21.7. The molecule has 1 amide bonds. The van der Waals surface area contributed by atoms with Crippen LogP contribution in [0.5, 0.6) is 0 Å². The number of rotatable bonds is 5. The molecule has 1 fully saturated rings. The van der Waals surface area contributed by atoms with Crippen LogP contribution >= 0.6 is 0 Å². The van der Waals surface area contributed by atoms with Crippen LogP contribution in [0.2, 0.25) is 0 Å². The van der Waals surface area contributed by atoms with E-state index < -0.39 is 0 Å². The van der Waals surface area contributed by atoms with E-state index in [1.807, 2.05) is 6.42 Å². The molecule has 0 spiro atoms. The molecule has 0 aliphatic heterocycles. The topological polar surface area (TPSA) is 29.1 Å². The maximum atomic E-state index is 13.3. The zero-order valence-electron chi connectivity index (χ0n) is 13.3. The predicted octanol–water partition coefficient (Wildman–Crippen LogP) is 4.83. The molecular formula is C18H27FNO. The van der Waals surface area contributed by atoms with Crippen molar-refractivity contribution in [1.29, 1.82) is 0 Å². The number of carbonyl (C=O) groups excluding carboxylic acids is 1. The third-order valence-corrected chi connectivity index (χ3v) is 4.69. The molecule has 0 saturated heterocycles. The largest absolute Gasteiger partial charge is 0.329 e. The van der Waals surface area contributed by atoms with Crippen LogP contribution < -0.4 is 5.32 Å². The number of amides is 1. The molecule has 0 bridgehead atoms. The minimum absolute atomic E-state index is 0.0973. The van der Waals surface area contributed by atoms with Crippen LogP contribution in [0.1, 0.15) is 65.2 Å². The standard InChI is InChI=1S/C18H27FNO/c1-14(2)9-12-18(10-4-3-5-11-18)17(21)20-16-8-6-7-15(19)13-16/h7-8,13-14H,3-6,9-12H2,1-2H3,(H,20,21). The molecule has 2 aliphatic rings. The molecule has 0 unspecified atom stereocenters. The van der Waals surface area contributed by atoms with E-state index in [4.69, 9.17) is 0 Å². The quantitative estimate of drug-likeness (QED) is 0.772. The fourth-order valence-corrected chi connectivity index (χ4v) is 3.30. The Labute approximate surface area is 127 Å². The SMILES string of the molecule is CC(C)CCC1(C(=O)NC2=CC(F)=CC[CH]2)CCCCC1. The molecule has 0 aromatic heterocycles. The van der Waals surface area contributed by atoms with Crippen molar-refractivity contribution >= 4 is 5.91 Å². The van der Waals surface area contributed by atoms with Crippen LogP contribution in [0.15, 0.2) is 23.7 Å². The smallest absolute Gasteiger partial charge is 0.230 e. The Kier molecular flexibility index (Phi) is 5.60. The van der Waals surface area contributed by atoms with Crippen LogP contribution in [0, 0.1) is 17.8 Å². The Morgan fingerprint density at radius 2 is 2.05 bits per heavy atom. The van der Waals surface area contributed by atoms with Gasteiger partial charge in [-0.05, 0) is 50.2 Å². The van der Waals surface area contributed by atoms with Crippen molar-refractivity contribution in [2.45, 2.75) is 65.2 Å². The molecule has 0 aromatic carbocycles. The van der Waals surface area contributed by atoms with Gasteiger partial charge in [-0.2, -0.15) is 0 Å². The van der Waals surface area contributed by atoms with Crippen LogP contribution in [0.3, 0.4) is 0 Å². The van der Waals surface area contributed by atoms with E-state index in [-0.39, 0.29) is 17.1 Å². The van der Waals surface area contributed by atoms with Crippen molar-refractivity contribution in [3.05, 3.63) is 30.1 Å². The highest BCUT2D eigenvalue weighted by Crippen LogP contribution is 2.41. The summed E-state index contributed by atoms with van der Waals surface area (Å²) in [7, 11) is 0. The second-order valence-corrected chi connectivity index (χ2v) is 6.86. The number of hydrogen-bond donors (Lipinski definition) is 1. The number of halogens is 1. The van der Waals surface area contributed by atoms with Gasteiger partial charge in [0.1, 0.15) is 5.83 Å². The van der Waals surface area contributed by atoms with E-state index in [2.05, 4.69) is 19.2 Å². The molecule has 1 saturated carbocycles. The summed E-state index contributed by atoms with van der Waals surface area (Å²) in [5.74, 6) is 0.449. The molecule has 2 nitrogen and oxygen atoms in total. The fourth-order valence-electron chi connectivity index (χ4n) is 3.30. The zero-order chi connectivity index (χ0) is 15.3. The monoisotopic (exact) mass is 292 g/mol. The van der Waals surface area contributed by atoms with E-state index in [1.54, 1.807) is 0 Å². The first-order chi connectivity index (χ1) is 10.0. The molecule has 0 heterocycles. The van der Waals surface area contributed by atoms with E-state index in [1.165, 1.54) is 18.6 Å². The highest BCUT2D eigenvalue weighted by molar-refractivity contribution is 5.84. The number of hydrogen-bond acceptors (Lipinski definition) is 1. The summed E-state index contributed by atoms with van der Waals surface area (Å²) in [5, 5.41) is 2.97. The summed E-state index contributed by atoms with van der Waals surface area (Å²) in [6.45, 7) is 4.40. The molecule has 3 heteroatoms. The fraction of sp³-hybridized carbons (Fsp3) is 0.667. The van der Waals surface area contributed by atoms with Crippen molar-refractivity contribution < 1.29 is 9.18 Å². The van der Waals surface area contributed by atoms with Gasteiger partial charge in [0, 0.05) is 17.5 Å². The van der Waals surface area contributed by atoms with Gasteiger partial charge >= 0.3 is 0 Å². The van der Waals surface area contributed by atoms with Crippen molar-refractivity contribution in [3.8, 4) is 0 Å². The first kappa shape index (κ1) is 16.3. The van der Waals surface area contributed by atoms with Gasteiger partial charge in [0.25, 0.3) is 0 Å². The van der Waals surface area contributed by atoms with Crippen LogP contribution in [-0.4, -0.2) is 5.91 Å². The van der Waals surface area contributed by atoms with Gasteiger partial charge in [0.15, 0.2) is 0 Å². The Hall–Kier alpha value is -1.12. The molecule has 1 N–H and O–H groups in total. The Morgan fingerprint density at radius 1 is 1.33 bits per heavy atom. The Morgan fingerprint density at radius 3 is 2.67 bits per heavy atom. The highest BCUT2D eigenvalue weighted by atomic mass is 19.1. The zero-order valence-corrected chi connectivity index (χ0v) is 13.3. The summed E-state index contributed by atoms with van der Waals surface area (Å²) in [6.07, 6.45) is 12.8. The first-order valence-electron chi connectivity index (χ1n) is 8.24. The van der Waals surface area contributed by atoms with E-state index in [0.29, 0.717) is 18.0 Å². The van der Waals surface area contributed by atoms with Crippen LogP contribution in [0.25, 0.3) is 0 Å². The van der Waals surface area contributed by atoms with Crippen molar-refractivity contribution in [2.24, 2.45) is 11.3 Å². The lowest BCUT2D eigenvalue weighted by molar-refractivity contribution is -0.132. The molecular weight excluding hydrogens is 265 g/mol. The third kappa shape index (κ3) is 4.42. The maximum absolute atomic E-state index is 13.3. The number of nitrogens with one attached hydrogen (secondary N) is 1.